The van der Waals surface area contributed by atoms with Gasteiger partial charge in [-0.25, -0.2) is 0 Å². The lowest BCUT2D eigenvalue weighted by Crippen LogP contribution is -2.33. The van der Waals surface area contributed by atoms with Gasteiger partial charge < -0.3 is 25.0 Å². The maximum absolute atomic E-state index is 12.7. The first kappa shape index (κ1) is 25.3. The van der Waals surface area contributed by atoms with Crippen LogP contribution in [0, 0.1) is 0 Å². The van der Waals surface area contributed by atoms with E-state index < -0.39 is 12.6 Å². The number of nitrogens with one attached hydrogen (secondary N) is 2. The lowest BCUT2D eigenvalue weighted by Gasteiger charge is -2.17. The van der Waals surface area contributed by atoms with Gasteiger partial charge in [0.2, 0.25) is 5.91 Å². The van der Waals surface area contributed by atoms with Crippen molar-refractivity contribution < 1.29 is 19.4 Å². The minimum atomic E-state index is -0.809. The third kappa shape index (κ3) is 6.60. The molecule has 1 unspecified atom stereocenters. The van der Waals surface area contributed by atoms with E-state index >= 15 is 0 Å². The summed E-state index contributed by atoms with van der Waals surface area (Å²) in [6.07, 6.45) is 1.64. The van der Waals surface area contributed by atoms with Crippen molar-refractivity contribution in [1.29, 1.82) is 0 Å². The van der Waals surface area contributed by atoms with Crippen LogP contribution in [0.1, 0.15) is 22.2 Å². The zero-order valence-corrected chi connectivity index (χ0v) is 20.0. The van der Waals surface area contributed by atoms with Crippen LogP contribution in [0.5, 0.6) is 5.75 Å². The first-order valence-electron chi connectivity index (χ1n) is 10.2. The summed E-state index contributed by atoms with van der Waals surface area (Å²) in [5.74, 6) is 0.423. The highest BCUT2D eigenvalue weighted by atomic mass is 35.5. The quantitative estimate of drug-likeness (QED) is 0.272. The van der Waals surface area contributed by atoms with Gasteiger partial charge in [0.05, 0.1) is 19.5 Å². The average Bonchev–Trinajstić information content (AvgIpc) is 3.23. The second-order valence-corrected chi connectivity index (χ2v) is 8.40. The molecule has 178 valence electrons. The van der Waals surface area contributed by atoms with Gasteiger partial charge >= 0.3 is 0 Å². The molecule has 0 aliphatic carbocycles. The number of methoxy groups -OCH3 is 1. The van der Waals surface area contributed by atoms with Crippen LogP contribution in [0.15, 0.2) is 66.3 Å². The highest BCUT2D eigenvalue weighted by Gasteiger charge is 2.23. The summed E-state index contributed by atoms with van der Waals surface area (Å²) in [5, 5.41) is 24.7. The van der Waals surface area contributed by atoms with E-state index in [1.165, 1.54) is 11.8 Å². The number of hydrogen-bond donors (Lipinski definition) is 3. The van der Waals surface area contributed by atoms with Crippen LogP contribution in [0.25, 0.3) is 0 Å². The summed E-state index contributed by atoms with van der Waals surface area (Å²) in [5.41, 5.74) is 0.995. The van der Waals surface area contributed by atoms with E-state index in [0.717, 1.165) is 0 Å². The average molecular weight is 502 g/mol. The van der Waals surface area contributed by atoms with Crippen molar-refractivity contribution in [1.82, 2.24) is 20.1 Å². The fraction of sp³-hybridized carbons (Fsp3) is 0.217. The Labute approximate surface area is 206 Å². The largest absolute Gasteiger partial charge is 0.497 e. The number of carbonyl (C=O) groups is 2. The number of allylic oxidation sites excluding steroid dienone is 1. The lowest BCUT2D eigenvalue weighted by atomic mass is 10.2. The van der Waals surface area contributed by atoms with Gasteiger partial charge in [-0.15, -0.1) is 16.8 Å². The van der Waals surface area contributed by atoms with Crippen LogP contribution in [0.4, 0.5) is 5.69 Å². The van der Waals surface area contributed by atoms with Crippen LogP contribution in [0.2, 0.25) is 5.02 Å². The van der Waals surface area contributed by atoms with E-state index in [-0.39, 0.29) is 17.6 Å². The molecule has 0 saturated carbocycles. The Morgan fingerprint density at radius 1 is 1.26 bits per heavy atom. The molecule has 2 aromatic carbocycles. The number of nitrogens with zero attached hydrogens (tertiary/aromatic N) is 3. The van der Waals surface area contributed by atoms with Crippen LogP contribution < -0.4 is 15.4 Å². The predicted molar refractivity (Wildman–Crippen MR) is 131 cm³/mol. The molecule has 1 heterocycles. The third-order valence-corrected chi connectivity index (χ3v) is 5.85. The Morgan fingerprint density at radius 3 is 2.68 bits per heavy atom. The summed E-state index contributed by atoms with van der Waals surface area (Å²) in [4.78, 5) is 25.0. The molecule has 0 bridgehead atoms. The van der Waals surface area contributed by atoms with Gasteiger partial charge in [0.25, 0.3) is 5.91 Å². The molecule has 0 spiro atoms. The zero-order valence-electron chi connectivity index (χ0n) is 18.4. The molecule has 0 radical (unpaired) electrons. The van der Waals surface area contributed by atoms with Gasteiger partial charge in [0, 0.05) is 22.8 Å². The van der Waals surface area contributed by atoms with E-state index in [1.807, 2.05) is 0 Å². The van der Waals surface area contributed by atoms with Gasteiger partial charge in [-0.3, -0.25) is 9.59 Å². The first-order chi connectivity index (χ1) is 16.4. The van der Waals surface area contributed by atoms with E-state index in [9.17, 15) is 14.7 Å². The normalized spacial score (nSPS) is 11.5. The predicted octanol–water partition coefficient (Wildman–Crippen LogP) is 3.32. The van der Waals surface area contributed by atoms with Crippen molar-refractivity contribution in [2.75, 3.05) is 24.8 Å². The van der Waals surface area contributed by atoms with E-state index in [1.54, 1.807) is 66.3 Å². The molecule has 0 aliphatic heterocycles. The summed E-state index contributed by atoms with van der Waals surface area (Å²) in [6, 6.07) is 12.6. The first-order valence-corrected chi connectivity index (χ1v) is 11.6. The van der Waals surface area contributed by atoms with Gasteiger partial charge in [0.1, 0.15) is 11.8 Å². The number of amides is 2. The van der Waals surface area contributed by atoms with Crippen LogP contribution in [-0.2, 0) is 11.3 Å². The molecule has 3 aromatic rings. The number of benzene rings is 2. The Hall–Kier alpha value is -3.34. The molecule has 11 heteroatoms. The Balaban J connectivity index is 1.69. The summed E-state index contributed by atoms with van der Waals surface area (Å²) in [7, 11) is 1.54. The molecule has 3 rings (SSSR count). The topological polar surface area (TPSA) is 118 Å². The highest BCUT2D eigenvalue weighted by molar-refractivity contribution is 7.99. The number of carbonyl (C=O) groups excluding carboxylic acids is 2. The second-order valence-electron chi connectivity index (χ2n) is 7.02. The SMILES string of the molecule is C=CCn1c(SCC(=O)Nc2cccc(Cl)c2)nnc1C(CO)NC(=O)c1ccc(OC)cc1. The molecule has 0 aliphatic rings. The smallest absolute Gasteiger partial charge is 0.251 e. The molecule has 1 aromatic heterocycles. The molecule has 9 nitrogen and oxygen atoms in total. The minimum absolute atomic E-state index is 0.0732. The monoisotopic (exact) mass is 501 g/mol. The number of aromatic nitrogens is 3. The Morgan fingerprint density at radius 2 is 2.03 bits per heavy atom. The van der Waals surface area contributed by atoms with E-state index in [2.05, 4.69) is 27.4 Å². The number of aliphatic hydroxyl groups is 1. The Kier molecular flexibility index (Phi) is 9.08. The molecule has 0 fully saturated rings. The molecule has 1 atom stereocenters. The third-order valence-electron chi connectivity index (χ3n) is 4.65. The summed E-state index contributed by atoms with van der Waals surface area (Å²) >= 11 is 7.12. The molecular weight excluding hydrogens is 478 g/mol. The maximum atomic E-state index is 12.7. The minimum Gasteiger partial charge on any atom is -0.497 e. The number of aliphatic hydroxyl groups excluding tert-OH is 1. The fourth-order valence-electron chi connectivity index (χ4n) is 3.03. The number of thioether (sulfide) groups is 1. The van der Waals surface area contributed by atoms with Crippen LogP contribution >= 0.6 is 23.4 Å². The second kappa shape index (κ2) is 12.2. The molecule has 2 amide bonds. The number of rotatable bonds is 11. The van der Waals surface area contributed by atoms with E-state index in [0.29, 0.717) is 39.5 Å². The number of hydrogen-bond acceptors (Lipinski definition) is 7. The molecule has 34 heavy (non-hydrogen) atoms. The van der Waals surface area contributed by atoms with Crippen molar-refractivity contribution in [3.8, 4) is 5.75 Å². The number of anilines is 1. The summed E-state index contributed by atoms with van der Waals surface area (Å²) in [6.45, 7) is 3.69. The van der Waals surface area contributed by atoms with Gasteiger partial charge in [-0.05, 0) is 42.5 Å². The van der Waals surface area contributed by atoms with Crippen LogP contribution in [-0.4, -0.2) is 51.2 Å². The number of halogens is 1. The van der Waals surface area contributed by atoms with Crippen LogP contribution in [0.3, 0.4) is 0 Å². The zero-order chi connectivity index (χ0) is 24.5. The molecule has 0 saturated heterocycles. The van der Waals surface area contributed by atoms with Crippen molar-refractivity contribution >= 4 is 40.9 Å². The van der Waals surface area contributed by atoms with Crippen molar-refractivity contribution in [3.05, 3.63) is 77.6 Å². The van der Waals surface area contributed by atoms with Gasteiger partial charge in [-0.1, -0.05) is 35.5 Å². The molecule has 3 N–H and O–H groups in total. The summed E-state index contributed by atoms with van der Waals surface area (Å²) < 4.78 is 6.80. The Bertz CT molecular complexity index is 1150. The van der Waals surface area contributed by atoms with Gasteiger partial charge in [-0.2, -0.15) is 0 Å². The highest BCUT2D eigenvalue weighted by Crippen LogP contribution is 2.22. The van der Waals surface area contributed by atoms with Gasteiger partial charge in [0.15, 0.2) is 11.0 Å². The maximum Gasteiger partial charge on any atom is 0.251 e. The fourth-order valence-corrected chi connectivity index (χ4v) is 3.98. The lowest BCUT2D eigenvalue weighted by molar-refractivity contribution is -0.113. The number of ether oxygens (including phenoxy) is 1. The van der Waals surface area contributed by atoms with Crippen molar-refractivity contribution in [3.63, 3.8) is 0 Å². The molecular formula is C23H24ClN5O4S. The standard InChI is InChI=1S/C23H24ClN5O4S/c1-3-11-29-21(19(13-30)26-22(32)15-7-9-18(33-2)10-8-15)27-28-23(29)34-14-20(31)25-17-6-4-5-16(24)12-17/h3-10,12,19,30H,1,11,13-14H2,2H3,(H,25,31)(H,26,32). The van der Waals surface area contributed by atoms with Crippen molar-refractivity contribution in [2.24, 2.45) is 0 Å². The van der Waals surface area contributed by atoms with E-state index in [4.69, 9.17) is 16.3 Å². The van der Waals surface area contributed by atoms with Crippen molar-refractivity contribution in [2.45, 2.75) is 17.7 Å².